The van der Waals surface area contributed by atoms with Gasteiger partial charge in [0.25, 0.3) is 0 Å². The Morgan fingerprint density at radius 2 is 1.81 bits per heavy atom. The van der Waals surface area contributed by atoms with Crippen molar-refractivity contribution in [2.75, 3.05) is 30.8 Å². The second-order valence-electron chi connectivity index (χ2n) is 6.58. The van der Waals surface area contributed by atoms with Crippen LogP contribution in [0, 0.1) is 11.7 Å². The smallest absolute Gasteiger partial charge is 0.308 e. The zero-order chi connectivity index (χ0) is 20.2. The van der Waals surface area contributed by atoms with Crippen molar-refractivity contribution in [3.63, 3.8) is 0 Å². The summed E-state index contributed by atoms with van der Waals surface area (Å²) in [4.78, 5) is 26.3. The number of esters is 1. The number of rotatable bonds is 6. The number of amides is 1. The molecule has 27 heavy (non-hydrogen) atoms. The van der Waals surface area contributed by atoms with E-state index in [-0.39, 0.29) is 29.9 Å². The van der Waals surface area contributed by atoms with E-state index in [0.717, 1.165) is 22.7 Å². The molecule has 1 aliphatic rings. The van der Waals surface area contributed by atoms with Gasteiger partial charge in [-0.05, 0) is 43.5 Å². The summed E-state index contributed by atoms with van der Waals surface area (Å²) in [6.07, 6.45) is 2.24. The van der Waals surface area contributed by atoms with Gasteiger partial charge in [-0.25, -0.2) is 12.8 Å². The van der Waals surface area contributed by atoms with Gasteiger partial charge in [0.2, 0.25) is 15.9 Å². The molecule has 0 unspecified atom stereocenters. The van der Waals surface area contributed by atoms with Gasteiger partial charge in [-0.15, -0.1) is 0 Å². The average molecular weight is 400 g/mol. The Bertz CT molecular complexity index is 773. The molecular formula is C18H25FN2O5S. The van der Waals surface area contributed by atoms with E-state index >= 15 is 0 Å². The first-order valence-corrected chi connectivity index (χ1v) is 10.7. The van der Waals surface area contributed by atoms with Crippen molar-refractivity contribution in [2.24, 2.45) is 5.92 Å². The molecule has 9 heteroatoms. The summed E-state index contributed by atoms with van der Waals surface area (Å²) in [5.41, 5.74) is 0.239. The SMILES string of the molecule is CC[C@H](C(=O)N1CCC(C(=O)OC)CC1)N(c1ccc(F)cc1)S(C)(=O)=O. The molecule has 0 saturated carbocycles. The molecule has 0 aliphatic carbocycles. The quantitative estimate of drug-likeness (QED) is 0.680. The van der Waals surface area contributed by atoms with Crippen LogP contribution in [0.15, 0.2) is 24.3 Å². The fraction of sp³-hybridized carbons (Fsp3) is 0.556. The number of benzene rings is 1. The fourth-order valence-electron chi connectivity index (χ4n) is 3.34. The summed E-state index contributed by atoms with van der Waals surface area (Å²) >= 11 is 0. The molecular weight excluding hydrogens is 375 g/mol. The van der Waals surface area contributed by atoms with Crippen LogP contribution in [0.25, 0.3) is 0 Å². The van der Waals surface area contributed by atoms with Gasteiger partial charge in [0.15, 0.2) is 0 Å². The highest BCUT2D eigenvalue weighted by atomic mass is 32.2. The first-order chi connectivity index (χ1) is 12.7. The third kappa shape index (κ3) is 4.97. The number of piperidine rings is 1. The maximum absolute atomic E-state index is 13.2. The van der Waals surface area contributed by atoms with Crippen molar-refractivity contribution >= 4 is 27.6 Å². The maximum atomic E-state index is 13.2. The van der Waals surface area contributed by atoms with Gasteiger partial charge >= 0.3 is 5.97 Å². The predicted octanol–water partition coefficient (Wildman–Crippen LogP) is 1.78. The molecule has 0 spiro atoms. The molecule has 0 aromatic heterocycles. The number of carbonyl (C=O) groups excluding carboxylic acids is 2. The zero-order valence-electron chi connectivity index (χ0n) is 15.7. The number of halogens is 1. The first kappa shape index (κ1) is 21.1. The molecule has 7 nitrogen and oxygen atoms in total. The van der Waals surface area contributed by atoms with Gasteiger partial charge in [0, 0.05) is 13.1 Å². The third-order valence-corrected chi connectivity index (χ3v) is 5.91. The number of hydrogen-bond donors (Lipinski definition) is 0. The lowest BCUT2D eigenvalue weighted by Gasteiger charge is -2.37. The van der Waals surface area contributed by atoms with E-state index in [0.29, 0.717) is 25.9 Å². The highest BCUT2D eigenvalue weighted by Gasteiger charge is 2.36. The summed E-state index contributed by atoms with van der Waals surface area (Å²) in [6.45, 7) is 2.44. The summed E-state index contributed by atoms with van der Waals surface area (Å²) in [7, 11) is -2.43. The third-order valence-electron chi connectivity index (χ3n) is 4.73. The Balaban J connectivity index is 2.23. The standard InChI is InChI=1S/C18H25FN2O5S/c1-4-16(17(22)20-11-9-13(10-12-20)18(23)26-2)21(27(3,24)25)15-7-5-14(19)6-8-15/h5-8,13,16H,4,9-12H2,1-3H3/t16-/m1/s1. The van der Waals surface area contributed by atoms with Crippen LogP contribution >= 0.6 is 0 Å². The van der Waals surface area contributed by atoms with Crippen LogP contribution in [0.3, 0.4) is 0 Å². The minimum atomic E-state index is -3.76. The molecule has 0 radical (unpaired) electrons. The van der Waals surface area contributed by atoms with Crippen molar-refractivity contribution < 1.29 is 27.1 Å². The first-order valence-electron chi connectivity index (χ1n) is 8.80. The molecule has 1 aromatic carbocycles. The van der Waals surface area contributed by atoms with Gasteiger partial charge in [-0.1, -0.05) is 6.92 Å². The van der Waals surface area contributed by atoms with Crippen LogP contribution in [0.2, 0.25) is 0 Å². The number of nitrogens with zero attached hydrogens (tertiary/aromatic N) is 2. The van der Waals surface area contributed by atoms with E-state index in [4.69, 9.17) is 4.74 Å². The minimum Gasteiger partial charge on any atom is -0.469 e. The number of anilines is 1. The molecule has 1 saturated heterocycles. The molecule has 1 aromatic rings. The highest BCUT2D eigenvalue weighted by molar-refractivity contribution is 7.92. The lowest BCUT2D eigenvalue weighted by molar-refractivity contribution is -0.149. The number of hydrogen-bond acceptors (Lipinski definition) is 5. The normalized spacial score (nSPS) is 16.7. The lowest BCUT2D eigenvalue weighted by Crippen LogP contribution is -2.52. The number of likely N-dealkylation sites (tertiary alicyclic amines) is 1. The summed E-state index contributed by atoms with van der Waals surface area (Å²) in [6, 6.07) is 4.07. The summed E-state index contributed by atoms with van der Waals surface area (Å²) in [5.74, 6) is -1.35. The molecule has 1 fully saturated rings. The Hall–Kier alpha value is -2.16. The van der Waals surface area contributed by atoms with E-state index in [1.54, 1.807) is 11.8 Å². The van der Waals surface area contributed by atoms with Crippen molar-refractivity contribution in [2.45, 2.75) is 32.2 Å². The van der Waals surface area contributed by atoms with E-state index in [1.165, 1.54) is 19.2 Å². The summed E-state index contributed by atoms with van der Waals surface area (Å²) < 4.78 is 43.8. The number of ether oxygens (including phenoxy) is 1. The molecule has 2 rings (SSSR count). The summed E-state index contributed by atoms with van der Waals surface area (Å²) in [5, 5.41) is 0. The second-order valence-corrected chi connectivity index (χ2v) is 8.44. The van der Waals surface area contributed by atoms with Crippen LogP contribution in [0.1, 0.15) is 26.2 Å². The maximum Gasteiger partial charge on any atom is 0.308 e. The van der Waals surface area contributed by atoms with Gasteiger partial charge in [-0.3, -0.25) is 13.9 Å². The van der Waals surface area contributed by atoms with Crippen molar-refractivity contribution in [3.8, 4) is 0 Å². The number of sulfonamides is 1. The van der Waals surface area contributed by atoms with Crippen molar-refractivity contribution in [1.82, 2.24) is 4.90 Å². The molecule has 1 heterocycles. The number of carbonyl (C=O) groups is 2. The highest BCUT2D eigenvalue weighted by Crippen LogP contribution is 2.26. The van der Waals surface area contributed by atoms with E-state index in [1.807, 2.05) is 0 Å². The van der Waals surface area contributed by atoms with Gasteiger partial charge in [0.1, 0.15) is 11.9 Å². The Morgan fingerprint density at radius 1 is 1.26 bits per heavy atom. The topological polar surface area (TPSA) is 84.0 Å². The van der Waals surface area contributed by atoms with Gasteiger partial charge in [0.05, 0.1) is 25.0 Å². The van der Waals surface area contributed by atoms with Crippen LogP contribution in [-0.2, 0) is 24.3 Å². The van der Waals surface area contributed by atoms with E-state index < -0.39 is 21.9 Å². The van der Waals surface area contributed by atoms with Crippen LogP contribution in [0.4, 0.5) is 10.1 Å². The number of methoxy groups -OCH3 is 1. The monoisotopic (exact) mass is 400 g/mol. The molecule has 1 aliphatic heterocycles. The second kappa shape index (κ2) is 8.69. The zero-order valence-corrected chi connectivity index (χ0v) is 16.5. The van der Waals surface area contributed by atoms with Crippen LogP contribution < -0.4 is 4.31 Å². The van der Waals surface area contributed by atoms with Crippen LogP contribution in [-0.4, -0.2) is 57.7 Å². The van der Waals surface area contributed by atoms with E-state index in [2.05, 4.69) is 0 Å². The minimum absolute atomic E-state index is 0.239. The Morgan fingerprint density at radius 3 is 2.26 bits per heavy atom. The average Bonchev–Trinajstić information content (AvgIpc) is 2.65. The van der Waals surface area contributed by atoms with Gasteiger partial charge in [-0.2, -0.15) is 0 Å². The van der Waals surface area contributed by atoms with Gasteiger partial charge < -0.3 is 9.64 Å². The molecule has 1 atom stereocenters. The predicted molar refractivity (Wildman–Crippen MR) is 99.1 cm³/mol. The Kier molecular flexibility index (Phi) is 6.80. The van der Waals surface area contributed by atoms with E-state index in [9.17, 15) is 22.4 Å². The lowest BCUT2D eigenvalue weighted by atomic mass is 9.96. The van der Waals surface area contributed by atoms with Crippen molar-refractivity contribution in [3.05, 3.63) is 30.1 Å². The Labute approximate surface area is 159 Å². The molecule has 0 N–H and O–H groups in total. The molecule has 1 amide bonds. The van der Waals surface area contributed by atoms with Crippen LogP contribution in [0.5, 0.6) is 0 Å². The largest absolute Gasteiger partial charge is 0.469 e. The molecule has 150 valence electrons. The fourth-order valence-corrected chi connectivity index (χ4v) is 4.55. The molecule has 0 bridgehead atoms. The van der Waals surface area contributed by atoms with Crippen molar-refractivity contribution in [1.29, 1.82) is 0 Å².